The van der Waals surface area contributed by atoms with Gasteiger partial charge in [0.05, 0.1) is 23.4 Å². The number of benzene rings is 2. The van der Waals surface area contributed by atoms with Gasteiger partial charge in [0.2, 0.25) is 26.0 Å². The quantitative estimate of drug-likeness (QED) is 0.461. The van der Waals surface area contributed by atoms with E-state index in [2.05, 4.69) is 5.32 Å². The molecule has 1 saturated heterocycles. The zero-order valence-corrected chi connectivity index (χ0v) is 22.3. The molecule has 0 saturated carbocycles. The molecular weight excluding hydrogens is 514 g/mol. The summed E-state index contributed by atoms with van der Waals surface area (Å²) in [6.07, 6.45) is 2.76. The van der Waals surface area contributed by atoms with E-state index in [0.717, 1.165) is 29.0 Å². The molecule has 0 aromatic heterocycles. The Bertz CT molecular complexity index is 1260. The summed E-state index contributed by atoms with van der Waals surface area (Å²) in [4.78, 5) is 12.9. The Kier molecular flexibility index (Phi) is 8.68. The van der Waals surface area contributed by atoms with Gasteiger partial charge >= 0.3 is 0 Å². The number of amides is 1. The first kappa shape index (κ1) is 27.3. The molecule has 0 bridgehead atoms. The topological polar surface area (TPSA) is 113 Å². The number of hydrogen-bond acceptors (Lipinski definition) is 6. The first-order valence-electron chi connectivity index (χ1n) is 11.2. The lowest BCUT2D eigenvalue weighted by Crippen LogP contribution is -2.48. The fraction of sp³-hybridized carbons (Fsp3) is 0.435. The average Bonchev–Trinajstić information content (AvgIpc) is 3.34. The number of aryl methyl sites for hydroxylation is 1. The average molecular weight is 544 g/mol. The largest absolute Gasteiger partial charge is 0.492 e. The number of sulfonamides is 2. The molecule has 1 amide bonds. The van der Waals surface area contributed by atoms with Crippen LogP contribution in [0, 0.1) is 6.92 Å². The summed E-state index contributed by atoms with van der Waals surface area (Å²) in [7, 11) is -7.25. The lowest BCUT2D eigenvalue weighted by Gasteiger charge is -2.28. The Hall–Kier alpha value is -2.34. The summed E-state index contributed by atoms with van der Waals surface area (Å²) in [5, 5.41) is 3.07. The number of nitrogens with one attached hydrogen (secondary N) is 1. The van der Waals surface area contributed by atoms with Crippen LogP contribution in [-0.2, 0) is 24.8 Å². The maximum absolute atomic E-state index is 12.7. The highest BCUT2D eigenvalue weighted by atomic mass is 35.5. The van der Waals surface area contributed by atoms with Gasteiger partial charge in [0, 0.05) is 18.1 Å². The van der Waals surface area contributed by atoms with Crippen LogP contribution in [-0.4, -0.2) is 65.6 Å². The molecule has 1 N–H and O–H groups in total. The van der Waals surface area contributed by atoms with Crippen LogP contribution in [0.3, 0.4) is 0 Å². The van der Waals surface area contributed by atoms with Crippen molar-refractivity contribution in [3.05, 3.63) is 53.1 Å². The Balaban J connectivity index is 1.55. The fourth-order valence-electron chi connectivity index (χ4n) is 3.80. The zero-order valence-electron chi connectivity index (χ0n) is 19.9. The highest BCUT2D eigenvalue weighted by molar-refractivity contribution is 7.92. The third-order valence-corrected chi connectivity index (χ3v) is 9.26. The molecule has 0 spiro atoms. The Labute approximate surface area is 212 Å². The Morgan fingerprint density at radius 3 is 2.31 bits per heavy atom. The minimum absolute atomic E-state index is 0.117. The zero-order chi connectivity index (χ0) is 25.8. The van der Waals surface area contributed by atoms with E-state index in [1.54, 1.807) is 31.2 Å². The second kappa shape index (κ2) is 11.2. The van der Waals surface area contributed by atoms with Gasteiger partial charge in [-0.05, 0) is 68.7 Å². The molecule has 12 heteroatoms. The lowest BCUT2D eigenvalue weighted by atomic mass is 10.2. The molecule has 1 heterocycles. The number of rotatable bonds is 10. The van der Waals surface area contributed by atoms with E-state index in [1.807, 2.05) is 0 Å². The second-order valence-corrected chi connectivity index (χ2v) is 12.6. The molecule has 0 aliphatic carbocycles. The third-order valence-electron chi connectivity index (χ3n) is 5.69. The van der Waals surface area contributed by atoms with Crippen LogP contribution in [0.1, 0.15) is 25.3 Å². The van der Waals surface area contributed by atoms with Gasteiger partial charge in [-0.15, -0.1) is 0 Å². The molecule has 1 fully saturated rings. The van der Waals surface area contributed by atoms with Gasteiger partial charge < -0.3 is 10.1 Å². The predicted octanol–water partition coefficient (Wildman–Crippen LogP) is 2.78. The highest BCUT2D eigenvalue weighted by Crippen LogP contribution is 2.27. The van der Waals surface area contributed by atoms with E-state index in [-0.39, 0.29) is 18.0 Å². The molecule has 2 aromatic rings. The fourth-order valence-corrected chi connectivity index (χ4v) is 6.66. The molecule has 3 rings (SSSR count). The van der Waals surface area contributed by atoms with E-state index in [1.165, 1.54) is 29.4 Å². The monoisotopic (exact) mass is 543 g/mol. The van der Waals surface area contributed by atoms with E-state index in [4.69, 9.17) is 16.3 Å². The summed E-state index contributed by atoms with van der Waals surface area (Å²) >= 11 is 6.15. The van der Waals surface area contributed by atoms with E-state index in [9.17, 15) is 21.6 Å². The van der Waals surface area contributed by atoms with Crippen molar-refractivity contribution in [1.29, 1.82) is 0 Å². The number of halogens is 1. The van der Waals surface area contributed by atoms with Crippen LogP contribution in [0.5, 0.6) is 5.75 Å². The molecular formula is C23H30ClN3O6S2. The van der Waals surface area contributed by atoms with Crippen LogP contribution in [0.25, 0.3) is 0 Å². The SMILES string of the molecule is Cc1ccc(N([C@@H](C)C(=O)NCCOc2ccc(S(=O)(=O)N3CCCC3)cc2)S(C)(=O)=O)cc1Cl. The second-order valence-electron chi connectivity index (χ2n) is 8.39. The summed E-state index contributed by atoms with van der Waals surface area (Å²) in [5.74, 6) is -0.0393. The van der Waals surface area contributed by atoms with Crippen LogP contribution in [0.4, 0.5) is 5.69 Å². The number of ether oxygens (including phenoxy) is 1. The molecule has 2 aromatic carbocycles. The van der Waals surface area contributed by atoms with Crippen LogP contribution in [0.2, 0.25) is 5.02 Å². The lowest BCUT2D eigenvalue weighted by molar-refractivity contribution is -0.121. The van der Waals surface area contributed by atoms with Gasteiger partial charge in [0.15, 0.2) is 0 Å². The standard InChI is InChI=1S/C23H30ClN3O6S2/c1-17-6-7-19(16-22(17)24)27(34(3,29)30)18(2)23(28)25-12-15-33-20-8-10-21(11-9-20)35(31,32)26-13-4-5-14-26/h6-11,16,18H,4-5,12-15H2,1-3H3,(H,25,28)/t18-/m0/s1. The minimum Gasteiger partial charge on any atom is -0.492 e. The van der Waals surface area contributed by atoms with Crippen molar-refractivity contribution < 1.29 is 26.4 Å². The molecule has 1 aliphatic rings. The van der Waals surface area contributed by atoms with Crippen molar-refractivity contribution in [3.63, 3.8) is 0 Å². The summed E-state index contributed by atoms with van der Waals surface area (Å²) in [6.45, 7) is 4.60. The van der Waals surface area contributed by atoms with E-state index in [0.29, 0.717) is 29.5 Å². The smallest absolute Gasteiger partial charge is 0.243 e. The maximum atomic E-state index is 12.7. The number of anilines is 1. The molecule has 9 nitrogen and oxygen atoms in total. The first-order valence-corrected chi connectivity index (χ1v) is 14.8. The molecule has 0 unspecified atom stereocenters. The van der Waals surface area contributed by atoms with Crippen molar-refractivity contribution in [2.24, 2.45) is 0 Å². The van der Waals surface area contributed by atoms with Gasteiger partial charge in [-0.2, -0.15) is 4.31 Å². The van der Waals surface area contributed by atoms with Gasteiger partial charge in [0.1, 0.15) is 18.4 Å². The van der Waals surface area contributed by atoms with Crippen molar-refractivity contribution in [2.75, 3.05) is 36.8 Å². The summed E-state index contributed by atoms with van der Waals surface area (Å²) < 4.78 is 58.1. The number of carbonyl (C=O) groups excluding carboxylic acids is 1. The highest BCUT2D eigenvalue weighted by Gasteiger charge is 2.29. The number of carbonyl (C=O) groups is 1. The molecule has 35 heavy (non-hydrogen) atoms. The van der Waals surface area contributed by atoms with E-state index < -0.39 is 32.0 Å². The van der Waals surface area contributed by atoms with Crippen LogP contribution < -0.4 is 14.4 Å². The third kappa shape index (κ3) is 6.66. The Morgan fingerprint density at radius 2 is 1.74 bits per heavy atom. The molecule has 1 aliphatic heterocycles. The summed E-state index contributed by atoms with van der Waals surface area (Å²) in [5.41, 5.74) is 1.09. The van der Waals surface area contributed by atoms with Gasteiger partial charge in [-0.25, -0.2) is 16.8 Å². The number of nitrogens with zero attached hydrogens (tertiary/aromatic N) is 2. The van der Waals surface area contributed by atoms with Crippen LogP contribution in [0.15, 0.2) is 47.4 Å². The summed E-state index contributed by atoms with van der Waals surface area (Å²) in [6, 6.07) is 9.93. The van der Waals surface area contributed by atoms with Crippen molar-refractivity contribution >= 4 is 43.2 Å². The van der Waals surface area contributed by atoms with Gasteiger partial charge in [-0.1, -0.05) is 17.7 Å². The van der Waals surface area contributed by atoms with Crippen molar-refractivity contribution in [3.8, 4) is 5.75 Å². The number of hydrogen-bond donors (Lipinski definition) is 1. The molecule has 1 atom stereocenters. The minimum atomic E-state index is -3.76. The Morgan fingerprint density at radius 1 is 1.11 bits per heavy atom. The predicted molar refractivity (Wildman–Crippen MR) is 136 cm³/mol. The van der Waals surface area contributed by atoms with E-state index >= 15 is 0 Å². The first-order chi connectivity index (χ1) is 16.4. The van der Waals surface area contributed by atoms with Crippen molar-refractivity contribution in [2.45, 2.75) is 37.6 Å². The van der Waals surface area contributed by atoms with Gasteiger partial charge in [0.25, 0.3) is 0 Å². The molecule has 0 radical (unpaired) electrons. The normalized spacial score (nSPS) is 15.5. The van der Waals surface area contributed by atoms with Gasteiger partial charge in [-0.3, -0.25) is 9.10 Å². The molecule has 192 valence electrons. The van der Waals surface area contributed by atoms with Crippen LogP contribution >= 0.6 is 11.6 Å². The van der Waals surface area contributed by atoms with Crippen molar-refractivity contribution in [1.82, 2.24) is 9.62 Å². The maximum Gasteiger partial charge on any atom is 0.243 e.